The van der Waals surface area contributed by atoms with Gasteiger partial charge in [0, 0.05) is 43.8 Å². The fourth-order valence-corrected chi connectivity index (χ4v) is 2.70. The number of carbonyl (C=O) groups is 2. The highest BCUT2D eigenvalue weighted by Crippen LogP contribution is 2.19. The largest absolute Gasteiger partial charge is 0.369 e. The Balaban J connectivity index is 1.62. The lowest BCUT2D eigenvalue weighted by molar-refractivity contribution is 0.0990. The molecule has 0 radical (unpaired) electrons. The molecule has 25 heavy (non-hydrogen) atoms. The molecule has 1 aromatic heterocycles. The molecule has 1 aliphatic heterocycles. The van der Waals surface area contributed by atoms with Gasteiger partial charge in [0.2, 0.25) is 0 Å². The fourth-order valence-electron chi connectivity index (χ4n) is 2.70. The predicted octanol–water partition coefficient (Wildman–Crippen LogP) is 1.18. The number of nitrogens with one attached hydrogen (secondary N) is 1. The number of nitrogens with zero attached hydrogens (tertiary/aromatic N) is 3. The SMILES string of the molecule is CN1CCN(c2ccc(NC(=O)c3ccc(C(N)=O)nc3)cc2)CC1. The first-order valence-electron chi connectivity index (χ1n) is 8.14. The molecule has 2 aromatic rings. The highest BCUT2D eigenvalue weighted by molar-refractivity contribution is 6.04. The van der Waals surface area contributed by atoms with Crippen molar-refractivity contribution in [3.05, 3.63) is 53.9 Å². The van der Waals surface area contributed by atoms with Crippen molar-refractivity contribution >= 4 is 23.2 Å². The third kappa shape index (κ3) is 4.13. The average Bonchev–Trinajstić information content (AvgIpc) is 2.63. The predicted molar refractivity (Wildman–Crippen MR) is 96.9 cm³/mol. The summed E-state index contributed by atoms with van der Waals surface area (Å²) in [6, 6.07) is 10.8. The number of aromatic nitrogens is 1. The molecule has 1 aromatic carbocycles. The van der Waals surface area contributed by atoms with Crippen LogP contribution < -0.4 is 16.0 Å². The lowest BCUT2D eigenvalue weighted by Crippen LogP contribution is -2.44. The average molecular weight is 339 g/mol. The standard InChI is InChI=1S/C18H21N5O2/c1-22-8-10-23(11-9-22)15-5-3-14(4-6-15)21-18(25)13-2-7-16(17(19)24)20-12-13/h2-7,12H,8-11H2,1H3,(H2,19,24)(H,21,25). The van der Waals surface area contributed by atoms with E-state index in [1.165, 1.54) is 18.3 Å². The Labute approximate surface area is 146 Å². The number of anilines is 2. The Bertz CT molecular complexity index is 750. The van der Waals surface area contributed by atoms with Crippen LogP contribution in [-0.2, 0) is 0 Å². The zero-order valence-corrected chi connectivity index (χ0v) is 14.1. The topological polar surface area (TPSA) is 91.6 Å². The van der Waals surface area contributed by atoms with Crippen molar-refractivity contribution in [1.82, 2.24) is 9.88 Å². The molecule has 0 spiro atoms. The van der Waals surface area contributed by atoms with E-state index in [9.17, 15) is 9.59 Å². The zero-order chi connectivity index (χ0) is 17.8. The van der Waals surface area contributed by atoms with E-state index in [1.807, 2.05) is 24.3 Å². The Morgan fingerprint density at radius 3 is 2.28 bits per heavy atom. The third-order valence-electron chi connectivity index (χ3n) is 4.27. The zero-order valence-electron chi connectivity index (χ0n) is 14.1. The summed E-state index contributed by atoms with van der Waals surface area (Å²) in [4.78, 5) is 31.8. The maximum absolute atomic E-state index is 12.2. The number of hydrogen-bond donors (Lipinski definition) is 2. The van der Waals surface area contributed by atoms with Gasteiger partial charge in [-0.2, -0.15) is 0 Å². The van der Waals surface area contributed by atoms with Gasteiger partial charge in [-0.3, -0.25) is 14.6 Å². The number of pyridine rings is 1. The lowest BCUT2D eigenvalue weighted by Gasteiger charge is -2.34. The third-order valence-corrected chi connectivity index (χ3v) is 4.27. The summed E-state index contributed by atoms with van der Waals surface area (Å²) in [7, 11) is 2.13. The summed E-state index contributed by atoms with van der Waals surface area (Å²) in [5, 5.41) is 2.82. The van der Waals surface area contributed by atoms with Crippen molar-refractivity contribution in [3.8, 4) is 0 Å². The van der Waals surface area contributed by atoms with E-state index in [0.717, 1.165) is 31.9 Å². The van der Waals surface area contributed by atoms with Gasteiger partial charge >= 0.3 is 0 Å². The Kier molecular flexibility index (Phi) is 4.95. The maximum Gasteiger partial charge on any atom is 0.267 e. The summed E-state index contributed by atoms with van der Waals surface area (Å²) >= 11 is 0. The minimum absolute atomic E-state index is 0.132. The van der Waals surface area contributed by atoms with Gasteiger partial charge in [0.25, 0.3) is 11.8 Å². The van der Waals surface area contributed by atoms with E-state index >= 15 is 0 Å². The van der Waals surface area contributed by atoms with Crippen molar-refractivity contribution in [2.75, 3.05) is 43.4 Å². The molecule has 3 N–H and O–H groups in total. The normalized spacial score (nSPS) is 15.0. The molecule has 3 rings (SSSR count). The van der Waals surface area contributed by atoms with Gasteiger partial charge in [-0.05, 0) is 43.4 Å². The first-order chi connectivity index (χ1) is 12.0. The van der Waals surface area contributed by atoms with Crippen LogP contribution >= 0.6 is 0 Å². The van der Waals surface area contributed by atoms with E-state index in [4.69, 9.17) is 5.73 Å². The van der Waals surface area contributed by atoms with Crippen molar-refractivity contribution in [2.24, 2.45) is 5.73 Å². The number of primary amides is 1. The van der Waals surface area contributed by atoms with Crippen molar-refractivity contribution in [1.29, 1.82) is 0 Å². The van der Waals surface area contributed by atoms with Crippen LogP contribution in [0.1, 0.15) is 20.8 Å². The van der Waals surface area contributed by atoms with Crippen LogP contribution in [0.5, 0.6) is 0 Å². The van der Waals surface area contributed by atoms with Crippen molar-refractivity contribution in [2.45, 2.75) is 0 Å². The molecule has 1 fully saturated rings. The van der Waals surface area contributed by atoms with Gasteiger partial charge in [0.05, 0.1) is 5.56 Å². The Hall–Kier alpha value is -2.93. The molecule has 1 saturated heterocycles. The van der Waals surface area contributed by atoms with Gasteiger partial charge in [-0.25, -0.2) is 0 Å². The second-order valence-electron chi connectivity index (χ2n) is 6.09. The van der Waals surface area contributed by atoms with Gasteiger partial charge < -0.3 is 20.9 Å². The number of likely N-dealkylation sites (N-methyl/N-ethyl adjacent to an activating group) is 1. The quantitative estimate of drug-likeness (QED) is 0.873. The summed E-state index contributed by atoms with van der Waals surface area (Å²) in [5.74, 6) is -0.901. The number of hydrogen-bond acceptors (Lipinski definition) is 5. The van der Waals surface area contributed by atoms with E-state index < -0.39 is 5.91 Å². The molecule has 7 heteroatoms. The molecule has 0 aliphatic carbocycles. The molecule has 2 heterocycles. The second-order valence-corrected chi connectivity index (χ2v) is 6.09. The lowest BCUT2D eigenvalue weighted by atomic mass is 10.2. The van der Waals surface area contributed by atoms with E-state index in [2.05, 4.69) is 27.1 Å². The van der Waals surface area contributed by atoms with E-state index in [0.29, 0.717) is 11.3 Å². The first kappa shape index (κ1) is 16.9. The van der Waals surface area contributed by atoms with Crippen LogP contribution in [0.25, 0.3) is 0 Å². The first-order valence-corrected chi connectivity index (χ1v) is 8.14. The summed E-state index contributed by atoms with van der Waals surface area (Å²) < 4.78 is 0. The monoisotopic (exact) mass is 339 g/mol. The molecule has 0 bridgehead atoms. The summed E-state index contributed by atoms with van der Waals surface area (Å²) in [6.07, 6.45) is 1.34. The minimum Gasteiger partial charge on any atom is -0.369 e. The van der Waals surface area contributed by atoms with Gasteiger partial charge in [-0.1, -0.05) is 0 Å². The van der Waals surface area contributed by atoms with Crippen LogP contribution in [0, 0.1) is 0 Å². The number of piperazine rings is 1. The molecular formula is C18H21N5O2. The van der Waals surface area contributed by atoms with Crippen LogP contribution in [0.4, 0.5) is 11.4 Å². The molecule has 7 nitrogen and oxygen atoms in total. The number of nitrogens with two attached hydrogens (primary N) is 1. The maximum atomic E-state index is 12.2. The Morgan fingerprint density at radius 1 is 1.04 bits per heavy atom. The molecular weight excluding hydrogens is 318 g/mol. The molecule has 0 atom stereocenters. The van der Waals surface area contributed by atoms with Crippen LogP contribution in [-0.4, -0.2) is 54.9 Å². The Morgan fingerprint density at radius 2 is 1.72 bits per heavy atom. The highest BCUT2D eigenvalue weighted by atomic mass is 16.2. The van der Waals surface area contributed by atoms with Crippen LogP contribution in [0.2, 0.25) is 0 Å². The number of benzene rings is 1. The van der Waals surface area contributed by atoms with Crippen molar-refractivity contribution in [3.63, 3.8) is 0 Å². The summed E-state index contributed by atoms with van der Waals surface area (Å²) in [5.41, 5.74) is 7.50. The molecule has 1 aliphatic rings. The number of carbonyl (C=O) groups excluding carboxylic acids is 2. The molecule has 0 saturated carbocycles. The fraction of sp³-hybridized carbons (Fsp3) is 0.278. The van der Waals surface area contributed by atoms with Crippen LogP contribution in [0.15, 0.2) is 42.6 Å². The number of amides is 2. The molecule has 0 unspecified atom stereocenters. The highest BCUT2D eigenvalue weighted by Gasteiger charge is 2.14. The van der Waals surface area contributed by atoms with E-state index in [-0.39, 0.29) is 11.6 Å². The van der Waals surface area contributed by atoms with Gasteiger partial charge in [0.1, 0.15) is 5.69 Å². The molecule has 130 valence electrons. The minimum atomic E-state index is -0.619. The summed E-state index contributed by atoms with van der Waals surface area (Å²) in [6.45, 7) is 4.10. The molecule has 2 amide bonds. The smallest absolute Gasteiger partial charge is 0.267 e. The number of rotatable bonds is 4. The van der Waals surface area contributed by atoms with Gasteiger partial charge in [-0.15, -0.1) is 0 Å². The second kappa shape index (κ2) is 7.31. The van der Waals surface area contributed by atoms with Gasteiger partial charge in [0.15, 0.2) is 0 Å². The van der Waals surface area contributed by atoms with Crippen molar-refractivity contribution < 1.29 is 9.59 Å². The van der Waals surface area contributed by atoms with Crippen LogP contribution in [0.3, 0.4) is 0 Å². The van der Waals surface area contributed by atoms with E-state index in [1.54, 1.807) is 0 Å².